The molecule has 0 aliphatic carbocycles. The van der Waals surface area contributed by atoms with Crippen molar-refractivity contribution in [1.29, 1.82) is 5.26 Å². The molecule has 7 nitrogen and oxygen atoms in total. The van der Waals surface area contributed by atoms with Crippen LogP contribution in [0.2, 0.25) is 0 Å². The van der Waals surface area contributed by atoms with Crippen molar-refractivity contribution in [2.45, 2.75) is 13.0 Å². The fraction of sp³-hybridized carbons (Fsp3) is 0.267. The molecule has 0 aliphatic rings. The summed E-state index contributed by atoms with van der Waals surface area (Å²) in [6.07, 6.45) is 0.234. The molecular weight excluding hydrogens is 286 g/mol. The normalized spacial score (nSPS) is 12.0. The molecule has 0 fully saturated rings. The van der Waals surface area contributed by atoms with Crippen LogP contribution >= 0.6 is 0 Å². The van der Waals surface area contributed by atoms with E-state index in [0.717, 1.165) is 11.8 Å². The highest BCUT2D eigenvalue weighted by Gasteiger charge is 2.15. The summed E-state index contributed by atoms with van der Waals surface area (Å²) in [6.45, 7) is 1.49. The summed E-state index contributed by atoms with van der Waals surface area (Å²) in [5, 5.41) is 23.0. The summed E-state index contributed by atoms with van der Waals surface area (Å²) in [4.78, 5) is 22.8. The Bertz CT molecular complexity index is 578. The summed E-state index contributed by atoms with van der Waals surface area (Å²) in [6, 6.07) is 10.3. The lowest BCUT2D eigenvalue weighted by Crippen LogP contribution is -2.32. The molecule has 0 spiro atoms. The molecule has 3 N–H and O–H groups in total. The van der Waals surface area contributed by atoms with E-state index in [1.165, 1.54) is 0 Å². The number of imide groups is 1. The molecule has 1 atom stereocenters. The van der Waals surface area contributed by atoms with Crippen LogP contribution in [0.4, 0.5) is 4.79 Å². The summed E-state index contributed by atoms with van der Waals surface area (Å²) >= 11 is 0. The highest BCUT2D eigenvalue weighted by atomic mass is 16.5. The summed E-state index contributed by atoms with van der Waals surface area (Å²) < 4.78 is 4.56. The number of carbonyl (C=O) groups is 2. The Balaban J connectivity index is 2.74. The van der Waals surface area contributed by atoms with Gasteiger partial charge in [0.25, 0.3) is 5.91 Å². The maximum Gasteiger partial charge on any atom is 0.414 e. The van der Waals surface area contributed by atoms with E-state index in [1.807, 2.05) is 23.5 Å². The minimum Gasteiger partial charge on any atom is -0.450 e. The van der Waals surface area contributed by atoms with Gasteiger partial charge in [0.1, 0.15) is 11.6 Å². The number of hydrogen-bond donors (Lipinski definition) is 3. The van der Waals surface area contributed by atoms with E-state index in [4.69, 9.17) is 5.26 Å². The largest absolute Gasteiger partial charge is 0.450 e. The van der Waals surface area contributed by atoms with Gasteiger partial charge in [-0.15, -0.1) is 0 Å². The highest BCUT2D eigenvalue weighted by molar-refractivity contribution is 6.04. The van der Waals surface area contributed by atoms with Crippen molar-refractivity contribution in [2.24, 2.45) is 0 Å². The molecule has 116 valence electrons. The van der Waals surface area contributed by atoms with Crippen LogP contribution in [0.1, 0.15) is 18.5 Å². The number of nitrogens with zero attached hydrogens (tertiary/aromatic N) is 1. The number of aliphatic hydroxyl groups is 1. The molecular formula is C15H17N3O4. The van der Waals surface area contributed by atoms with E-state index in [9.17, 15) is 14.7 Å². The minimum atomic E-state index is -0.921. The fourth-order valence-electron chi connectivity index (χ4n) is 1.60. The van der Waals surface area contributed by atoms with Crippen LogP contribution in [0.15, 0.2) is 42.1 Å². The average molecular weight is 303 g/mol. The second-order valence-electron chi connectivity index (χ2n) is 4.16. The zero-order valence-corrected chi connectivity index (χ0v) is 12.1. The highest BCUT2D eigenvalue weighted by Crippen LogP contribution is 2.11. The van der Waals surface area contributed by atoms with E-state index in [0.29, 0.717) is 0 Å². The Morgan fingerprint density at radius 1 is 1.41 bits per heavy atom. The molecule has 0 heterocycles. The van der Waals surface area contributed by atoms with E-state index in [1.54, 1.807) is 25.1 Å². The number of aliphatic hydroxyl groups excluding tert-OH is 1. The van der Waals surface area contributed by atoms with E-state index < -0.39 is 18.0 Å². The molecule has 0 saturated carbocycles. The number of alkyl carbamates (subject to hydrolysis) is 1. The number of nitrogens with one attached hydrogen (secondary N) is 2. The lowest BCUT2D eigenvalue weighted by molar-refractivity contribution is -0.116. The van der Waals surface area contributed by atoms with Gasteiger partial charge >= 0.3 is 6.09 Å². The standard InChI is InChI=1S/C15H17N3O4/c1-2-22-15(21)18-14(20)12(8-16)9-17-13(10-19)11-6-4-3-5-7-11/h3-7,9,13,17,19H,2,10H2,1H3,(H,18,20,21). The molecule has 0 radical (unpaired) electrons. The molecule has 1 aromatic rings. The first kappa shape index (κ1) is 17.2. The van der Waals surface area contributed by atoms with Gasteiger partial charge in [0, 0.05) is 6.20 Å². The topological polar surface area (TPSA) is 111 Å². The monoisotopic (exact) mass is 303 g/mol. The Morgan fingerprint density at radius 3 is 2.64 bits per heavy atom. The Kier molecular flexibility index (Phi) is 7.16. The first-order chi connectivity index (χ1) is 10.6. The minimum absolute atomic E-state index is 0.115. The van der Waals surface area contributed by atoms with Gasteiger partial charge in [-0.25, -0.2) is 4.79 Å². The van der Waals surface area contributed by atoms with Crippen molar-refractivity contribution in [3.05, 3.63) is 47.7 Å². The molecule has 0 aromatic heterocycles. The SMILES string of the molecule is CCOC(=O)NC(=O)C(C#N)=CNC(CO)c1ccccc1. The van der Waals surface area contributed by atoms with Crippen LogP contribution in [0.25, 0.3) is 0 Å². The van der Waals surface area contributed by atoms with Crippen LogP contribution in [-0.4, -0.2) is 30.3 Å². The van der Waals surface area contributed by atoms with Crippen LogP contribution in [-0.2, 0) is 9.53 Å². The molecule has 1 unspecified atom stereocenters. The van der Waals surface area contributed by atoms with Gasteiger partial charge in [0.2, 0.25) is 0 Å². The number of amides is 2. The molecule has 0 saturated heterocycles. The van der Waals surface area contributed by atoms with Crippen molar-refractivity contribution in [1.82, 2.24) is 10.6 Å². The van der Waals surface area contributed by atoms with Crippen molar-refractivity contribution in [2.75, 3.05) is 13.2 Å². The average Bonchev–Trinajstić information content (AvgIpc) is 2.52. The molecule has 22 heavy (non-hydrogen) atoms. The Hall–Kier alpha value is -2.85. The van der Waals surface area contributed by atoms with Crippen LogP contribution in [0, 0.1) is 11.3 Å². The molecule has 7 heteroatoms. The third-order valence-electron chi connectivity index (χ3n) is 2.67. The zero-order chi connectivity index (χ0) is 16.4. The Labute approximate surface area is 128 Å². The number of benzene rings is 1. The molecule has 1 aromatic carbocycles. The van der Waals surface area contributed by atoms with Gasteiger partial charge < -0.3 is 15.2 Å². The Morgan fingerprint density at radius 2 is 2.09 bits per heavy atom. The summed E-state index contributed by atoms with van der Waals surface area (Å²) in [5.41, 5.74) is 0.492. The van der Waals surface area contributed by atoms with Gasteiger partial charge in [-0.05, 0) is 12.5 Å². The maximum atomic E-state index is 11.7. The number of carbonyl (C=O) groups excluding carboxylic acids is 2. The van der Waals surface area contributed by atoms with Gasteiger partial charge in [-0.1, -0.05) is 30.3 Å². The van der Waals surface area contributed by atoms with Gasteiger partial charge in [-0.3, -0.25) is 10.1 Å². The van der Waals surface area contributed by atoms with Gasteiger partial charge in [0.15, 0.2) is 0 Å². The first-order valence-electron chi connectivity index (χ1n) is 6.62. The fourth-order valence-corrected chi connectivity index (χ4v) is 1.60. The van der Waals surface area contributed by atoms with E-state index >= 15 is 0 Å². The number of hydrogen-bond acceptors (Lipinski definition) is 6. The van der Waals surface area contributed by atoms with E-state index in [-0.39, 0.29) is 18.8 Å². The van der Waals surface area contributed by atoms with Crippen molar-refractivity contribution in [3.8, 4) is 6.07 Å². The van der Waals surface area contributed by atoms with Crippen LogP contribution in [0.5, 0.6) is 0 Å². The third-order valence-corrected chi connectivity index (χ3v) is 2.67. The smallest absolute Gasteiger partial charge is 0.414 e. The van der Waals surface area contributed by atoms with Crippen LogP contribution < -0.4 is 10.6 Å². The quantitative estimate of drug-likeness (QED) is 0.534. The third kappa shape index (κ3) is 5.26. The first-order valence-corrected chi connectivity index (χ1v) is 6.62. The maximum absolute atomic E-state index is 11.7. The van der Waals surface area contributed by atoms with Crippen molar-refractivity contribution >= 4 is 12.0 Å². The number of rotatable bonds is 6. The molecule has 0 bridgehead atoms. The predicted molar refractivity (Wildman–Crippen MR) is 78.3 cm³/mol. The number of ether oxygens (including phenoxy) is 1. The van der Waals surface area contributed by atoms with Gasteiger partial charge in [-0.2, -0.15) is 5.26 Å². The van der Waals surface area contributed by atoms with E-state index in [2.05, 4.69) is 10.1 Å². The second kappa shape index (κ2) is 9.15. The van der Waals surface area contributed by atoms with Crippen molar-refractivity contribution in [3.63, 3.8) is 0 Å². The van der Waals surface area contributed by atoms with Gasteiger partial charge in [0.05, 0.1) is 19.3 Å². The summed E-state index contributed by atoms with van der Waals surface area (Å²) in [5.74, 6) is -0.877. The lowest BCUT2D eigenvalue weighted by atomic mass is 10.1. The molecule has 0 aliphatic heterocycles. The summed E-state index contributed by atoms with van der Waals surface area (Å²) in [7, 11) is 0. The molecule has 2 amide bonds. The lowest BCUT2D eigenvalue weighted by Gasteiger charge is -2.15. The second-order valence-corrected chi connectivity index (χ2v) is 4.16. The molecule has 1 rings (SSSR count). The predicted octanol–water partition coefficient (Wildman–Crippen LogP) is 0.990. The zero-order valence-electron chi connectivity index (χ0n) is 12.1. The van der Waals surface area contributed by atoms with Crippen molar-refractivity contribution < 1.29 is 19.4 Å². The number of nitriles is 1. The van der Waals surface area contributed by atoms with Crippen LogP contribution in [0.3, 0.4) is 0 Å².